The van der Waals surface area contributed by atoms with Crippen LogP contribution in [0.3, 0.4) is 0 Å². The summed E-state index contributed by atoms with van der Waals surface area (Å²) in [6.45, 7) is 2.56. The highest BCUT2D eigenvalue weighted by atomic mass is 16.2. The van der Waals surface area contributed by atoms with E-state index in [2.05, 4.69) is 34.2 Å². The molecule has 1 amide bonds. The molecule has 124 valence electrons. The van der Waals surface area contributed by atoms with E-state index in [4.69, 9.17) is 0 Å². The molecule has 3 heterocycles. The highest BCUT2D eigenvalue weighted by Gasteiger charge is 2.29. The molecule has 1 aromatic carbocycles. The maximum atomic E-state index is 12.7. The van der Waals surface area contributed by atoms with Crippen LogP contribution in [0.2, 0.25) is 0 Å². The smallest absolute Gasteiger partial charge is 0.255 e. The third-order valence-corrected chi connectivity index (χ3v) is 5.02. The normalized spacial score (nSPS) is 22.9. The Balaban J connectivity index is 1.50. The summed E-state index contributed by atoms with van der Waals surface area (Å²) in [6, 6.07) is 10.8. The van der Waals surface area contributed by atoms with Gasteiger partial charge in [-0.1, -0.05) is 30.3 Å². The van der Waals surface area contributed by atoms with Gasteiger partial charge in [-0.2, -0.15) is 0 Å². The Morgan fingerprint density at radius 1 is 1.08 bits per heavy atom. The van der Waals surface area contributed by atoms with Crippen LogP contribution >= 0.6 is 0 Å². The van der Waals surface area contributed by atoms with Gasteiger partial charge in [0.2, 0.25) is 0 Å². The summed E-state index contributed by atoms with van der Waals surface area (Å²) in [5.74, 6) is 1.14. The first-order chi connectivity index (χ1) is 11.8. The molecule has 0 N–H and O–H groups in total. The van der Waals surface area contributed by atoms with E-state index in [0.717, 1.165) is 50.3 Å². The van der Waals surface area contributed by atoms with Crippen molar-refractivity contribution in [2.24, 2.45) is 4.99 Å². The number of piperidine rings is 1. The fraction of sp³-hybridized carbons (Fsp3) is 0.400. The number of rotatable bonds is 3. The number of carbonyl (C=O) groups is 1. The lowest BCUT2D eigenvalue weighted by atomic mass is 10.0. The molecule has 3 aliphatic rings. The Kier molecular flexibility index (Phi) is 4.20. The molecule has 4 heteroatoms. The molecule has 0 saturated carbocycles. The summed E-state index contributed by atoms with van der Waals surface area (Å²) in [7, 11) is 0. The third kappa shape index (κ3) is 3.01. The van der Waals surface area contributed by atoms with Gasteiger partial charge in [-0.05, 0) is 43.4 Å². The summed E-state index contributed by atoms with van der Waals surface area (Å²) in [5, 5.41) is 0. The summed E-state index contributed by atoms with van der Waals surface area (Å²) >= 11 is 0. The van der Waals surface area contributed by atoms with Crippen LogP contribution < -0.4 is 0 Å². The Bertz CT molecular complexity index is 699. The molecule has 0 radical (unpaired) electrons. The minimum atomic E-state index is 0.162. The molecule has 4 rings (SSSR count). The molecule has 1 aromatic rings. The Morgan fingerprint density at radius 2 is 1.88 bits per heavy atom. The first-order valence-corrected chi connectivity index (χ1v) is 8.87. The van der Waals surface area contributed by atoms with E-state index in [9.17, 15) is 4.79 Å². The minimum Gasteiger partial charge on any atom is -0.339 e. The van der Waals surface area contributed by atoms with E-state index in [-0.39, 0.29) is 5.91 Å². The molecule has 1 atom stereocenters. The van der Waals surface area contributed by atoms with E-state index in [1.54, 1.807) is 0 Å². The first kappa shape index (κ1) is 15.2. The van der Waals surface area contributed by atoms with Crippen LogP contribution in [0.15, 0.2) is 59.2 Å². The molecular formula is C20H23N3O. The van der Waals surface area contributed by atoms with Crippen LogP contribution in [0, 0.1) is 0 Å². The molecule has 1 saturated heterocycles. The van der Waals surface area contributed by atoms with Gasteiger partial charge in [0.15, 0.2) is 0 Å². The fourth-order valence-electron chi connectivity index (χ4n) is 3.68. The number of hydrogen-bond donors (Lipinski definition) is 0. The molecule has 0 aromatic heterocycles. The molecule has 4 nitrogen and oxygen atoms in total. The van der Waals surface area contributed by atoms with Crippen molar-refractivity contribution in [1.29, 1.82) is 0 Å². The Labute approximate surface area is 143 Å². The Morgan fingerprint density at radius 3 is 2.67 bits per heavy atom. The van der Waals surface area contributed by atoms with Crippen molar-refractivity contribution >= 4 is 11.7 Å². The summed E-state index contributed by atoms with van der Waals surface area (Å²) in [5.41, 5.74) is 2.10. The van der Waals surface area contributed by atoms with Gasteiger partial charge in [0.1, 0.15) is 5.84 Å². The van der Waals surface area contributed by atoms with Gasteiger partial charge in [-0.15, -0.1) is 0 Å². The molecule has 1 unspecified atom stereocenters. The van der Waals surface area contributed by atoms with Crippen LogP contribution in [-0.4, -0.2) is 47.2 Å². The van der Waals surface area contributed by atoms with E-state index >= 15 is 0 Å². The van der Waals surface area contributed by atoms with E-state index in [0.29, 0.717) is 6.04 Å². The maximum Gasteiger partial charge on any atom is 0.255 e. The molecule has 3 aliphatic heterocycles. The number of hydrogen-bond acceptors (Lipinski definition) is 3. The maximum absolute atomic E-state index is 12.7. The van der Waals surface area contributed by atoms with Crippen molar-refractivity contribution < 1.29 is 4.79 Å². The zero-order valence-electron chi connectivity index (χ0n) is 13.9. The zero-order valence-corrected chi connectivity index (χ0v) is 13.9. The number of benzene rings is 1. The number of fused-ring (bicyclic) bond motifs is 1. The fourth-order valence-corrected chi connectivity index (χ4v) is 3.68. The van der Waals surface area contributed by atoms with Crippen LogP contribution in [0.1, 0.15) is 24.8 Å². The topological polar surface area (TPSA) is 35.9 Å². The van der Waals surface area contributed by atoms with Gasteiger partial charge in [-0.25, -0.2) is 0 Å². The van der Waals surface area contributed by atoms with Crippen LogP contribution in [-0.2, 0) is 11.2 Å². The second kappa shape index (κ2) is 6.63. The van der Waals surface area contributed by atoms with Crippen LogP contribution in [0.5, 0.6) is 0 Å². The van der Waals surface area contributed by atoms with Crippen molar-refractivity contribution in [1.82, 2.24) is 9.80 Å². The SMILES string of the molecule is O=C(C1=CN2C(=NCC2Cc2ccccc2)C=C1)N1CCCCC1. The second-order valence-electron chi connectivity index (χ2n) is 6.72. The molecular weight excluding hydrogens is 298 g/mol. The van der Waals surface area contributed by atoms with Gasteiger partial charge in [0.05, 0.1) is 18.2 Å². The predicted octanol–water partition coefficient (Wildman–Crippen LogP) is 2.78. The summed E-state index contributed by atoms with van der Waals surface area (Å²) in [6.07, 6.45) is 10.4. The van der Waals surface area contributed by atoms with Crippen molar-refractivity contribution in [2.75, 3.05) is 19.6 Å². The second-order valence-corrected chi connectivity index (χ2v) is 6.72. The number of likely N-dealkylation sites (tertiary alicyclic amines) is 1. The number of carbonyl (C=O) groups excluding carboxylic acids is 1. The highest BCUT2D eigenvalue weighted by molar-refractivity contribution is 6.03. The predicted molar refractivity (Wildman–Crippen MR) is 95.7 cm³/mol. The van der Waals surface area contributed by atoms with E-state index in [1.807, 2.05) is 29.3 Å². The van der Waals surface area contributed by atoms with Gasteiger partial charge >= 0.3 is 0 Å². The molecule has 0 spiro atoms. The number of amidine groups is 1. The molecule has 24 heavy (non-hydrogen) atoms. The van der Waals surface area contributed by atoms with Gasteiger partial charge in [0.25, 0.3) is 5.91 Å². The van der Waals surface area contributed by atoms with Gasteiger partial charge in [-0.3, -0.25) is 9.79 Å². The first-order valence-electron chi connectivity index (χ1n) is 8.87. The minimum absolute atomic E-state index is 0.162. The third-order valence-electron chi connectivity index (χ3n) is 5.02. The number of nitrogens with zero attached hydrogens (tertiary/aromatic N) is 3. The molecule has 1 fully saturated rings. The molecule has 0 aliphatic carbocycles. The number of amides is 1. The van der Waals surface area contributed by atoms with Crippen LogP contribution in [0.25, 0.3) is 0 Å². The van der Waals surface area contributed by atoms with Gasteiger partial charge < -0.3 is 9.80 Å². The number of aliphatic imine (C=N–C) groups is 1. The lowest BCUT2D eigenvalue weighted by Gasteiger charge is -2.30. The Hall–Kier alpha value is -2.36. The molecule has 0 bridgehead atoms. The monoisotopic (exact) mass is 321 g/mol. The van der Waals surface area contributed by atoms with Crippen molar-refractivity contribution in [3.63, 3.8) is 0 Å². The standard InChI is InChI=1S/C20H23N3O/c24-20(22-11-5-2-6-12-22)17-9-10-19-21-14-18(23(19)15-17)13-16-7-3-1-4-8-16/h1,3-4,7-10,15,18H,2,5-6,11-14H2. The summed E-state index contributed by atoms with van der Waals surface area (Å²) < 4.78 is 0. The van der Waals surface area contributed by atoms with Crippen molar-refractivity contribution in [2.45, 2.75) is 31.7 Å². The quantitative estimate of drug-likeness (QED) is 0.858. The highest BCUT2D eigenvalue weighted by Crippen LogP contribution is 2.23. The van der Waals surface area contributed by atoms with Gasteiger partial charge in [0, 0.05) is 19.3 Å². The van der Waals surface area contributed by atoms with Crippen LogP contribution in [0.4, 0.5) is 0 Å². The van der Waals surface area contributed by atoms with Crippen molar-refractivity contribution in [3.8, 4) is 0 Å². The zero-order chi connectivity index (χ0) is 16.4. The van der Waals surface area contributed by atoms with E-state index < -0.39 is 0 Å². The summed E-state index contributed by atoms with van der Waals surface area (Å²) in [4.78, 5) is 21.5. The average molecular weight is 321 g/mol. The largest absolute Gasteiger partial charge is 0.339 e. The lowest BCUT2D eigenvalue weighted by molar-refractivity contribution is -0.127. The van der Waals surface area contributed by atoms with Crippen molar-refractivity contribution in [3.05, 3.63) is 59.8 Å². The van der Waals surface area contributed by atoms with E-state index in [1.165, 1.54) is 12.0 Å². The average Bonchev–Trinajstić information content (AvgIpc) is 3.05. The lowest BCUT2D eigenvalue weighted by Crippen LogP contribution is -2.39.